The van der Waals surface area contributed by atoms with Gasteiger partial charge in [0.2, 0.25) is 5.91 Å². The summed E-state index contributed by atoms with van der Waals surface area (Å²) in [7, 11) is 0. The predicted octanol–water partition coefficient (Wildman–Crippen LogP) is 3.62. The molecule has 170 valence electrons. The molecule has 2 heterocycles. The number of ether oxygens (including phenoxy) is 2. The molecule has 3 aliphatic carbocycles. The van der Waals surface area contributed by atoms with Gasteiger partial charge in [0.15, 0.2) is 0 Å². The number of carbonyl (C=O) groups excluding carboxylic acids is 1. The van der Waals surface area contributed by atoms with Crippen LogP contribution in [0, 0.1) is 29.6 Å². The van der Waals surface area contributed by atoms with E-state index in [0.29, 0.717) is 24.7 Å². The second-order valence-electron chi connectivity index (χ2n) is 10.9. The molecule has 2 aliphatic heterocycles. The Bertz CT molecular complexity index is 571. The topological polar surface area (TPSA) is 50.8 Å². The first-order valence-electron chi connectivity index (χ1n) is 13.0. The number of hydrogen-bond donors (Lipinski definition) is 1. The number of carbonyl (C=O) groups is 1. The molecule has 5 heteroatoms. The van der Waals surface area contributed by atoms with Crippen molar-refractivity contribution in [2.24, 2.45) is 29.6 Å². The zero-order chi connectivity index (χ0) is 20.3. The second-order valence-corrected chi connectivity index (χ2v) is 10.9. The first-order valence-corrected chi connectivity index (χ1v) is 13.0. The van der Waals surface area contributed by atoms with Gasteiger partial charge in [0.1, 0.15) is 0 Å². The van der Waals surface area contributed by atoms with Crippen LogP contribution in [0.3, 0.4) is 0 Å². The summed E-state index contributed by atoms with van der Waals surface area (Å²) in [6, 6.07) is 0.380. The lowest BCUT2D eigenvalue weighted by Gasteiger charge is -2.49. The molecule has 3 saturated carbocycles. The second kappa shape index (κ2) is 9.87. The lowest BCUT2D eigenvalue weighted by molar-refractivity contribution is -0.146. The number of fused-ring (bicyclic) bond motifs is 3. The van der Waals surface area contributed by atoms with Crippen molar-refractivity contribution in [1.82, 2.24) is 10.2 Å². The summed E-state index contributed by atoms with van der Waals surface area (Å²) >= 11 is 0. The maximum Gasteiger partial charge on any atom is 0.225 e. The minimum Gasteiger partial charge on any atom is -0.379 e. The molecule has 0 aromatic heterocycles. The number of morpholine rings is 1. The van der Waals surface area contributed by atoms with E-state index in [2.05, 4.69) is 10.2 Å². The summed E-state index contributed by atoms with van der Waals surface area (Å²) in [4.78, 5) is 15.6. The van der Waals surface area contributed by atoms with Gasteiger partial charge in [0, 0.05) is 25.7 Å². The Labute approximate surface area is 182 Å². The Morgan fingerprint density at radius 2 is 1.70 bits per heavy atom. The Morgan fingerprint density at radius 1 is 0.900 bits per heavy atom. The molecule has 5 fully saturated rings. The van der Waals surface area contributed by atoms with Crippen LogP contribution in [-0.2, 0) is 14.3 Å². The summed E-state index contributed by atoms with van der Waals surface area (Å²) in [5, 5.41) is 3.43. The maximum atomic E-state index is 13.1. The number of nitrogens with one attached hydrogen (secondary N) is 1. The van der Waals surface area contributed by atoms with Crippen molar-refractivity contribution in [2.75, 3.05) is 39.5 Å². The Morgan fingerprint density at radius 3 is 2.53 bits per heavy atom. The fourth-order valence-electron chi connectivity index (χ4n) is 7.34. The van der Waals surface area contributed by atoms with Crippen molar-refractivity contribution in [3.05, 3.63) is 0 Å². The monoisotopic (exact) mass is 418 g/mol. The lowest BCUT2D eigenvalue weighted by atomic mass is 9.62. The van der Waals surface area contributed by atoms with Crippen LogP contribution < -0.4 is 5.32 Å². The molecule has 1 amide bonds. The molecular weight excluding hydrogens is 376 g/mol. The highest BCUT2D eigenvalue weighted by atomic mass is 16.5. The van der Waals surface area contributed by atoms with Gasteiger partial charge in [-0.05, 0) is 75.0 Å². The molecule has 30 heavy (non-hydrogen) atoms. The van der Waals surface area contributed by atoms with Gasteiger partial charge in [0.25, 0.3) is 0 Å². The number of amides is 1. The normalized spacial score (nSPS) is 42.7. The van der Waals surface area contributed by atoms with Crippen LogP contribution in [0.2, 0.25) is 0 Å². The van der Waals surface area contributed by atoms with Gasteiger partial charge in [0.05, 0.1) is 31.8 Å². The molecule has 5 nitrogen and oxygen atoms in total. The Kier molecular flexibility index (Phi) is 6.98. The number of rotatable bonds is 4. The summed E-state index contributed by atoms with van der Waals surface area (Å²) in [5.41, 5.74) is 0. The average molecular weight is 419 g/mol. The molecule has 0 bridgehead atoms. The quantitative estimate of drug-likeness (QED) is 0.758. The van der Waals surface area contributed by atoms with Crippen molar-refractivity contribution in [3.63, 3.8) is 0 Å². The smallest absolute Gasteiger partial charge is 0.225 e. The number of hydrogen-bond acceptors (Lipinski definition) is 4. The van der Waals surface area contributed by atoms with Gasteiger partial charge in [-0.15, -0.1) is 0 Å². The van der Waals surface area contributed by atoms with Gasteiger partial charge in [-0.25, -0.2) is 0 Å². The van der Waals surface area contributed by atoms with E-state index in [0.717, 1.165) is 63.3 Å². The molecule has 5 atom stereocenters. The van der Waals surface area contributed by atoms with E-state index >= 15 is 0 Å². The van der Waals surface area contributed by atoms with Crippen LogP contribution in [0.15, 0.2) is 0 Å². The van der Waals surface area contributed by atoms with E-state index in [-0.39, 0.29) is 11.8 Å². The molecular formula is C25H42N2O3. The third-order valence-electron chi connectivity index (χ3n) is 9.07. The standard InChI is InChI=1S/C25H42N2O3/c28-25(26-21-8-5-18(6-9-21)16-27-11-13-29-14-12-27)20-15-23-22-4-2-1-3-19(22)7-10-24(23)30-17-20/h18-24H,1-17H2,(H,26,28). The van der Waals surface area contributed by atoms with Crippen LogP contribution in [0.4, 0.5) is 0 Å². The van der Waals surface area contributed by atoms with E-state index in [1.54, 1.807) is 0 Å². The highest BCUT2D eigenvalue weighted by Crippen LogP contribution is 2.48. The van der Waals surface area contributed by atoms with E-state index in [9.17, 15) is 4.79 Å². The first-order chi connectivity index (χ1) is 14.8. The van der Waals surface area contributed by atoms with Gasteiger partial charge >= 0.3 is 0 Å². The molecule has 5 rings (SSSR count). The summed E-state index contributed by atoms with van der Waals surface area (Å²) in [6.45, 7) is 5.81. The molecule has 2 saturated heterocycles. The van der Waals surface area contributed by atoms with Crippen molar-refractivity contribution >= 4 is 5.91 Å². The van der Waals surface area contributed by atoms with Crippen LogP contribution >= 0.6 is 0 Å². The predicted molar refractivity (Wildman–Crippen MR) is 117 cm³/mol. The highest BCUT2D eigenvalue weighted by Gasteiger charge is 2.45. The van der Waals surface area contributed by atoms with E-state index in [4.69, 9.17) is 9.47 Å². The van der Waals surface area contributed by atoms with Crippen LogP contribution in [-0.4, -0.2) is 62.4 Å². The van der Waals surface area contributed by atoms with E-state index in [1.165, 1.54) is 57.9 Å². The van der Waals surface area contributed by atoms with Gasteiger partial charge in [-0.1, -0.05) is 19.3 Å². The fraction of sp³-hybridized carbons (Fsp3) is 0.960. The summed E-state index contributed by atoms with van der Waals surface area (Å²) in [6.07, 6.45) is 14.5. The Hall–Kier alpha value is -0.650. The minimum atomic E-state index is 0.0815. The summed E-state index contributed by atoms with van der Waals surface area (Å²) < 4.78 is 11.7. The van der Waals surface area contributed by atoms with Gasteiger partial charge < -0.3 is 14.8 Å². The zero-order valence-electron chi connectivity index (χ0n) is 18.7. The summed E-state index contributed by atoms with van der Waals surface area (Å²) in [5.74, 6) is 3.52. The molecule has 0 spiro atoms. The van der Waals surface area contributed by atoms with E-state index < -0.39 is 0 Å². The van der Waals surface area contributed by atoms with Gasteiger partial charge in [-0.2, -0.15) is 0 Å². The molecule has 0 aromatic carbocycles. The average Bonchev–Trinajstić information content (AvgIpc) is 2.80. The molecule has 5 aliphatic rings. The van der Waals surface area contributed by atoms with E-state index in [1.807, 2.05) is 0 Å². The molecule has 5 unspecified atom stereocenters. The number of nitrogens with zero attached hydrogens (tertiary/aromatic N) is 1. The lowest BCUT2D eigenvalue weighted by Crippen LogP contribution is -2.50. The maximum absolute atomic E-state index is 13.1. The van der Waals surface area contributed by atoms with Crippen molar-refractivity contribution in [2.45, 2.75) is 82.8 Å². The fourth-order valence-corrected chi connectivity index (χ4v) is 7.34. The van der Waals surface area contributed by atoms with Crippen LogP contribution in [0.5, 0.6) is 0 Å². The molecule has 1 N–H and O–H groups in total. The third-order valence-corrected chi connectivity index (χ3v) is 9.07. The van der Waals surface area contributed by atoms with Crippen molar-refractivity contribution in [3.8, 4) is 0 Å². The zero-order valence-corrected chi connectivity index (χ0v) is 18.7. The Balaban J connectivity index is 1.08. The molecule has 0 aromatic rings. The SMILES string of the molecule is O=C(NC1CCC(CN2CCOCC2)CC1)C1COC2CCC3CCCCC3C2C1. The van der Waals surface area contributed by atoms with Crippen LogP contribution in [0.25, 0.3) is 0 Å². The minimum absolute atomic E-state index is 0.0815. The third kappa shape index (κ3) is 4.88. The van der Waals surface area contributed by atoms with Crippen LogP contribution in [0.1, 0.15) is 70.6 Å². The molecule has 0 radical (unpaired) electrons. The first kappa shape index (κ1) is 21.2. The largest absolute Gasteiger partial charge is 0.379 e. The van der Waals surface area contributed by atoms with Gasteiger partial charge in [-0.3, -0.25) is 9.69 Å². The van der Waals surface area contributed by atoms with Crippen molar-refractivity contribution < 1.29 is 14.3 Å². The highest BCUT2D eigenvalue weighted by molar-refractivity contribution is 5.79. The van der Waals surface area contributed by atoms with Crippen molar-refractivity contribution in [1.29, 1.82) is 0 Å².